The molecule has 6 nitrogen and oxygen atoms in total. The quantitative estimate of drug-likeness (QED) is 0.761. The molecule has 1 heterocycles. The topological polar surface area (TPSA) is 66.0 Å². The van der Waals surface area contributed by atoms with Gasteiger partial charge in [0.05, 0.1) is 0 Å². The summed E-state index contributed by atoms with van der Waals surface area (Å²) in [5.74, 6) is 2.91. The van der Waals surface area contributed by atoms with Crippen molar-refractivity contribution in [3.63, 3.8) is 0 Å². The molecule has 1 saturated carbocycles. The maximum Gasteiger partial charge on any atom is 0.231 e. The smallest absolute Gasteiger partial charge is 0.231 e. The summed E-state index contributed by atoms with van der Waals surface area (Å²) in [6, 6.07) is 0.402. The number of nitrogens with zero attached hydrogens (tertiary/aromatic N) is 4. The van der Waals surface area contributed by atoms with Gasteiger partial charge in [0, 0.05) is 26.2 Å². The van der Waals surface area contributed by atoms with E-state index in [4.69, 9.17) is 0 Å². The van der Waals surface area contributed by atoms with E-state index in [9.17, 15) is 0 Å². The minimum absolute atomic E-state index is 0.402. The molecule has 0 radical (unpaired) electrons. The monoisotopic (exact) mass is 278 g/mol. The zero-order chi connectivity index (χ0) is 14.5. The zero-order valence-corrected chi connectivity index (χ0v) is 13.0. The van der Waals surface area contributed by atoms with Crippen LogP contribution in [0.5, 0.6) is 0 Å². The highest BCUT2D eigenvalue weighted by molar-refractivity contribution is 5.43. The Morgan fingerprint density at radius 3 is 2.35 bits per heavy atom. The van der Waals surface area contributed by atoms with E-state index in [1.165, 1.54) is 19.3 Å². The third kappa shape index (κ3) is 3.95. The minimum Gasteiger partial charge on any atom is -0.357 e. The Balaban J connectivity index is 2.11. The first-order chi connectivity index (χ1) is 9.66. The summed E-state index contributed by atoms with van der Waals surface area (Å²) in [4.78, 5) is 15.5. The Kier molecular flexibility index (Phi) is 4.98. The van der Waals surface area contributed by atoms with Crippen LogP contribution in [0.3, 0.4) is 0 Å². The third-order valence-electron chi connectivity index (χ3n) is 3.65. The van der Waals surface area contributed by atoms with Gasteiger partial charge in [0.1, 0.15) is 0 Å². The van der Waals surface area contributed by atoms with Crippen LogP contribution in [0.1, 0.15) is 40.0 Å². The van der Waals surface area contributed by atoms with Crippen LogP contribution in [0.2, 0.25) is 0 Å². The molecular formula is C14H26N6. The fraction of sp³-hybridized carbons (Fsp3) is 0.786. The van der Waals surface area contributed by atoms with Crippen LogP contribution in [0.15, 0.2) is 0 Å². The number of anilines is 3. The number of hydrogen-bond acceptors (Lipinski definition) is 6. The van der Waals surface area contributed by atoms with Gasteiger partial charge in [-0.1, -0.05) is 12.8 Å². The van der Waals surface area contributed by atoms with Crippen molar-refractivity contribution < 1.29 is 0 Å². The first-order valence-corrected chi connectivity index (χ1v) is 7.61. The van der Waals surface area contributed by atoms with Gasteiger partial charge >= 0.3 is 0 Å². The van der Waals surface area contributed by atoms with Crippen LogP contribution >= 0.6 is 0 Å². The van der Waals surface area contributed by atoms with Crippen LogP contribution in [0, 0.1) is 5.92 Å². The first-order valence-electron chi connectivity index (χ1n) is 7.61. The average Bonchev–Trinajstić information content (AvgIpc) is 3.23. The SMILES string of the molecule is CCN(CC)c1nc(NC)nc(NC(C)CC2CC2)n1. The van der Waals surface area contributed by atoms with Gasteiger partial charge in [-0.25, -0.2) is 0 Å². The van der Waals surface area contributed by atoms with Crippen molar-refractivity contribution in [1.29, 1.82) is 0 Å². The molecular weight excluding hydrogens is 252 g/mol. The number of rotatable bonds is 8. The van der Waals surface area contributed by atoms with Gasteiger partial charge in [-0.15, -0.1) is 0 Å². The molecule has 112 valence electrons. The van der Waals surface area contributed by atoms with E-state index in [-0.39, 0.29) is 0 Å². The highest BCUT2D eigenvalue weighted by atomic mass is 15.3. The Bertz CT molecular complexity index is 428. The van der Waals surface area contributed by atoms with Gasteiger partial charge in [-0.05, 0) is 33.1 Å². The molecule has 1 aliphatic carbocycles. The molecule has 0 amide bonds. The first kappa shape index (κ1) is 14.8. The molecule has 0 aliphatic heterocycles. The van der Waals surface area contributed by atoms with Crippen molar-refractivity contribution in [3.05, 3.63) is 0 Å². The summed E-state index contributed by atoms with van der Waals surface area (Å²) in [7, 11) is 1.83. The molecule has 2 N–H and O–H groups in total. The van der Waals surface area contributed by atoms with E-state index in [1.54, 1.807) is 0 Å². The van der Waals surface area contributed by atoms with Crippen molar-refractivity contribution in [2.45, 2.75) is 46.1 Å². The second kappa shape index (κ2) is 6.72. The maximum absolute atomic E-state index is 4.54. The molecule has 0 bridgehead atoms. The largest absolute Gasteiger partial charge is 0.357 e. The Hall–Kier alpha value is -1.59. The molecule has 0 aromatic carbocycles. The lowest BCUT2D eigenvalue weighted by Crippen LogP contribution is -2.26. The Morgan fingerprint density at radius 2 is 1.80 bits per heavy atom. The predicted octanol–water partition coefficient (Wildman–Crippen LogP) is 2.36. The summed E-state index contributed by atoms with van der Waals surface area (Å²) in [6.45, 7) is 8.18. The normalized spacial score (nSPS) is 15.8. The molecule has 1 aromatic heterocycles. The van der Waals surface area contributed by atoms with Crippen molar-refractivity contribution >= 4 is 17.8 Å². The van der Waals surface area contributed by atoms with Crippen LogP contribution in [0.25, 0.3) is 0 Å². The molecule has 2 rings (SSSR count). The predicted molar refractivity (Wildman–Crippen MR) is 83.4 cm³/mol. The van der Waals surface area contributed by atoms with Gasteiger partial charge in [0.15, 0.2) is 0 Å². The van der Waals surface area contributed by atoms with Crippen molar-refractivity contribution in [2.24, 2.45) is 5.92 Å². The summed E-state index contributed by atoms with van der Waals surface area (Å²) < 4.78 is 0. The lowest BCUT2D eigenvalue weighted by molar-refractivity contribution is 0.636. The van der Waals surface area contributed by atoms with E-state index in [0.717, 1.165) is 25.0 Å². The van der Waals surface area contributed by atoms with Crippen LogP contribution in [-0.2, 0) is 0 Å². The van der Waals surface area contributed by atoms with Crippen LogP contribution in [-0.4, -0.2) is 41.1 Å². The molecule has 1 atom stereocenters. The number of aromatic nitrogens is 3. The van der Waals surface area contributed by atoms with Gasteiger partial charge in [-0.3, -0.25) is 0 Å². The average molecular weight is 278 g/mol. The van der Waals surface area contributed by atoms with Crippen molar-refractivity contribution in [2.75, 3.05) is 35.7 Å². The van der Waals surface area contributed by atoms with Crippen LogP contribution < -0.4 is 15.5 Å². The van der Waals surface area contributed by atoms with E-state index >= 15 is 0 Å². The maximum atomic E-state index is 4.54. The zero-order valence-electron chi connectivity index (χ0n) is 13.0. The molecule has 1 fully saturated rings. The highest BCUT2D eigenvalue weighted by Gasteiger charge is 2.24. The van der Waals surface area contributed by atoms with E-state index in [2.05, 4.69) is 51.3 Å². The molecule has 0 spiro atoms. The molecule has 1 aliphatic rings. The number of nitrogens with one attached hydrogen (secondary N) is 2. The van der Waals surface area contributed by atoms with E-state index in [1.807, 2.05) is 7.05 Å². The third-order valence-corrected chi connectivity index (χ3v) is 3.65. The van der Waals surface area contributed by atoms with Crippen molar-refractivity contribution in [1.82, 2.24) is 15.0 Å². The van der Waals surface area contributed by atoms with Gasteiger partial charge < -0.3 is 15.5 Å². The second-order valence-corrected chi connectivity index (χ2v) is 5.43. The molecule has 1 unspecified atom stereocenters. The minimum atomic E-state index is 0.402. The summed E-state index contributed by atoms with van der Waals surface area (Å²) in [5.41, 5.74) is 0. The molecule has 20 heavy (non-hydrogen) atoms. The Labute approximate surface area is 121 Å². The summed E-state index contributed by atoms with van der Waals surface area (Å²) in [5, 5.41) is 6.41. The Morgan fingerprint density at radius 1 is 1.15 bits per heavy atom. The summed E-state index contributed by atoms with van der Waals surface area (Å²) in [6.07, 6.45) is 3.94. The summed E-state index contributed by atoms with van der Waals surface area (Å²) >= 11 is 0. The highest BCUT2D eigenvalue weighted by Crippen LogP contribution is 2.33. The molecule has 0 saturated heterocycles. The number of hydrogen-bond donors (Lipinski definition) is 2. The fourth-order valence-electron chi connectivity index (χ4n) is 2.32. The van der Waals surface area contributed by atoms with Crippen molar-refractivity contribution in [3.8, 4) is 0 Å². The standard InChI is InChI=1S/C14H26N6/c1-5-20(6-2)14-18-12(15-4)17-13(19-14)16-10(3)9-11-7-8-11/h10-11H,5-9H2,1-4H3,(H2,15,16,17,18,19). The van der Waals surface area contributed by atoms with Gasteiger partial charge in [0.2, 0.25) is 17.8 Å². The van der Waals surface area contributed by atoms with E-state index < -0.39 is 0 Å². The van der Waals surface area contributed by atoms with E-state index in [0.29, 0.717) is 17.9 Å². The van der Waals surface area contributed by atoms with Gasteiger partial charge in [-0.2, -0.15) is 15.0 Å². The second-order valence-electron chi connectivity index (χ2n) is 5.43. The van der Waals surface area contributed by atoms with Gasteiger partial charge in [0.25, 0.3) is 0 Å². The molecule has 1 aromatic rings. The fourth-order valence-corrected chi connectivity index (χ4v) is 2.32. The lowest BCUT2D eigenvalue weighted by atomic mass is 10.2. The van der Waals surface area contributed by atoms with Crippen LogP contribution in [0.4, 0.5) is 17.8 Å². The lowest BCUT2D eigenvalue weighted by Gasteiger charge is -2.20. The molecule has 6 heteroatoms.